The summed E-state index contributed by atoms with van der Waals surface area (Å²) in [5.41, 5.74) is 6.41. The van der Waals surface area contributed by atoms with Crippen LogP contribution in [-0.2, 0) is 40.5 Å². The van der Waals surface area contributed by atoms with Crippen molar-refractivity contribution < 1.29 is 27.0 Å². The Morgan fingerprint density at radius 3 is 1.15 bits per heavy atom. The van der Waals surface area contributed by atoms with Gasteiger partial charge >= 0.3 is 0 Å². The van der Waals surface area contributed by atoms with Gasteiger partial charge < -0.3 is 17.6 Å². The second kappa shape index (κ2) is 20.3. The van der Waals surface area contributed by atoms with Crippen LogP contribution in [0.1, 0.15) is 162 Å². The van der Waals surface area contributed by atoms with Gasteiger partial charge in [-0.2, -0.15) is 0 Å². The van der Waals surface area contributed by atoms with Gasteiger partial charge in [-0.05, 0) is 76.3 Å². The van der Waals surface area contributed by atoms with Crippen LogP contribution in [0.25, 0.3) is 0 Å². The molecule has 265 valence electrons. The number of hydrogen-bond donors (Lipinski definition) is 2. The second-order valence-corrected chi connectivity index (χ2v) is 16.0. The van der Waals surface area contributed by atoms with Crippen LogP contribution in [-0.4, -0.2) is 34.7 Å². The molecule has 2 aromatic carbocycles. The average Bonchev–Trinajstić information content (AvgIpc) is 2.90. The maximum absolute atomic E-state index is 10.8. The Morgan fingerprint density at radius 1 is 0.630 bits per heavy atom. The van der Waals surface area contributed by atoms with Gasteiger partial charge in [-0.25, -0.2) is 0 Å². The van der Waals surface area contributed by atoms with Crippen LogP contribution in [0, 0.1) is 12.8 Å². The first kappa shape index (κ1) is 46.0. The summed E-state index contributed by atoms with van der Waals surface area (Å²) in [7, 11) is 0. The molecule has 0 spiro atoms. The van der Waals surface area contributed by atoms with Crippen LogP contribution in [0.5, 0.6) is 11.5 Å². The Bertz CT molecular complexity index is 1130. The van der Waals surface area contributed by atoms with Gasteiger partial charge in [0, 0.05) is 40.3 Å². The maximum atomic E-state index is 10.8. The number of hydrogen-bond acceptors (Lipinski definition) is 4. The van der Waals surface area contributed by atoms with Crippen LogP contribution < -0.4 is 0 Å². The van der Waals surface area contributed by atoms with E-state index < -0.39 is 0 Å². The van der Waals surface area contributed by atoms with Crippen molar-refractivity contribution in [3.05, 3.63) is 65.1 Å². The molecule has 1 aliphatic rings. The molecule has 2 atom stereocenters. The van der Waals surface area contributed by atoms with Crippen molar-refractivity contribution in [2.24, 2.45) is 15.4 Å². The first-order valence-corrected chi connectivity index (χ1v) is 17.1. The summed E-state index contributed by atoms with van der Waals surface area (Å²) < 4.78 is 0. The zero-order valence-corrected chi connectivity index (χ0v) is 33.2. The SMILES string of the molecule is CC(C)(C)C.CCC.CCc1cc(C(C)(C)C)cc(C=NC2CCCCC2N=Cc2cc(C(C)(C)C)cc(CC)c2O)c1O.[CH3-].[Co]. The minimum atomic E-state index is -0.00118. The Hall–Kier alpha value is -2.11. The van der Waals surface area contributed by atoms with Gasteiger partial charge in [-0.1, -0.05) is 128 Å². The summed E-state index contributed by atoms with van der Waals surface area (Å²) in [5, 5.41) is 21.7. The van der Waals surface area contributed by atoms with E-state index in [0.717, 1.165) is 60.8 Å². The monoisotopic (exact) mass is 680 g/mol. The smallest absolute Gasteiger partial charge is 0.127 e. The molecule has 3 rings (SSSR count). The first-order valence-electron chi connectivity index (χ1n) is 17.1. The minimum absolute atomic E-state index is 0. The minimum Gasteiger partial charge on any atom is -0.507 e. The molecular formula is C41H69CoN2O2-. The van der Waals surface area contributed by atoms with E-state index in [1.165, 1.54) is 17.5 Å². The standard InChI is InChI=1S/C32H46N2O2.C5H12.C3H8.CH3.Co/c1-9-21-15-25(31(3,4)5)17-23(29(21)35)19-33-27-13-11-12-14-28(27)34-20-24-18-26(32(6,7)8)16-22(10-2)30(24)36;1-5(2,3)4;1-3-2;;/h15-20,27-28,35-36H,9-14H2,1-8H3;1-4H3;3H2,1-2H3;1H3;/q;;;-1;. The van der Waals surface area contributed by atoms with Crippen molar-refractivity contribution in [3.63, 3.8) is 0 Å². The third kappa shape index (κ3) is 15.7. The number of rotatable bonds is 6. The molecule has 1 radical (unpaired) electrons. The van der Waals surface area contributed by atoms with Crippen molar-refractivity contribution in [1.29, 1.82) is 0 Å². The number of aryl methyl sites for hydroxylation is 2. The van der Waals surface area contributed by atoms with Gasteiger partial charge in [0.2, 0.25) is 0 Å². The summed E-state index contributed by atoms with van der Waals surface area (Å²) in [4.78, 5) is 9.92. The summed E-state index contributed by atoms with van der Waals surface area (Å²) in [6.07, 6.45) is 10.7. The number of aliphatic imine (C=N–C) groups is 2. The van der Waals surface area contributed by atoms with Crippen molar-refractivity contribution in [3.8, 4) is 11.5 Å². The number of benzene rings is 2. The summed E-state index contributed by atoms with van der Waals surface area (Å²) in [6, 6.07) is 8.50. The molecular weight excluding hydrogens is 611 g/mol. The third-order valence-corrected chi connectivity index (χ3v) is 7.43. The molecule has 0 heterocycles. The molecule has 5 heteroatoms. The average molecular weight is 681 g/mol. The fourth-order valence-corrected chi connectivity index (χ4v) is 4.83. The van der Waals surface area contributed by atoms with E-state index >= 15 is 0 Å². The molecule has 0 saturated heterocycles. The predicted molar refractivity (Wildman–Crippen MR) is 201 cm³/mol. The van der Waals surface area contributed by atoms with Gasteiger partial charge in [0.25, 0.3) is 0 Å². The van der Waals surface area contributed by atoms with Crippen LogP contribution >= 0.6 is 0 Å². The first-order chi connectivity index (χ1) is 20.3. The van der Waals surface area contributed by atoms with Crippen LogP contribution in [0.15, 0.2) is 34.3 Å². The second-order valence-electron chi connectivity index (χ2n) is 16.0. The molecule has 1 aliphatic carbocycles. The fourth-order valence-electron chi connectivity index (χ4n) is 4.83. The topological polar surface area (TPSA) is 65.2 Å². The van der Waals surface area contributed by atoms with E-state index in [0.29, 0.717) is 16.9 Å². The zero-order chi connectivity index (χ0) is 33.9. The molecule has 2 aromatic rings. The third-order valence-electron chi connectivity index (χ3n) is 7.43. The van der Waals surface area contributed by atoms with Crippen molar-refractivity contribution in [2.75, 3.05) is 0 Å². The molecule has 46 heavy (non-hydrogen) atoms. The molecule has 0 amide bonds. The largest absolute Gasteiger partial charge is 0.507 e. The van der Waals surface area contributed by atoms with Gasteiger partial charge in [0.05, 0.1) is 12.1 Å². The fraction of sp³-hybridized carbons (Fsp3) is 0.634. The molecule has 1 saturated carbocycles. The van der Waals surface area contributed by atoms with Crippen molar-refractivity contribution in [1.82, 2.24) is 0 Å². The van der Waals surface area contributed by atoms with Gasteiger partial charge in [-0.3, -0.25) is 9.98 Å². The van der Waals surface area contributed by atoms with E-state index in [-0.39, 0.29) is 47.1 Å². The number of aromatic hydroxyl groups is 2. The summed E-state index contributed by atoms with van der Waals surface area (Å²) in [6.45, 7) is 30.3. The number of phenols is 2. The Morgan fingerprint density at radius 2 is 0.913 bits per heavy atom. The maximum Gasteiger partial charge on any atom is 0.127 e. The van der Waals surface area contributed by atoms with Crippen molar-refractivity contribution in [2.45, 2.75) is 165 Å². The van der Waals surface area contributed by atoms with E-state index in [2.05, 4.69) is 121 Å². The van der Waals surface area contributed by atoms with Crippen LogP contribution in [0.4, 0.5) is 0 Å². The number of phenolic OH excluding ortho intramolecular Hbond substituents is 2. The van der Waals surface area contributed by atoms with E-state index in [1.807, 2.05) is 12.4 Å². The Balaban J connectivity index is 0. The summed E-state index contributed by atoms with van der Waals surface area (Å²) >= 11 is 0. The molecule has 2 unspecified atom stereocenters. The van der Waals surface area contributed by atoms with Crippen LogP contribution in [0.2, 0.25) is 0 Å². The molecule has 2 N–H and O–H groups in total. The van der Waals surface area contributed by atoms with Gasteiger partial charge in [-0.15, -0.1) is 0 Å². The zero-order valence-electron chi connectivity index (χ0n) is 32.2. The van der Waals surface area contributed by atoms with Crippen molar-refractivity contribution >= 4 is 12.4 Å². The summed E-state index contributed by atoms with van der Waals surface area (Å²) in [5.74, 6) is 0.669. The molecule has 0 bridgehead atoms. The molecule has 0 aliphatic heterocycles. The quantitative estimate of drug-likeness (QED) is 0.236. The van der Waals surface area contributed by atoms with Gasteiger partial charge in [0.15, 0.2) is 0 Å². The molecule has 0 aromatic heterocycles. The predicted octanol–water partition coefficient (Wildman–Crippen LogP) is 11.6. The van der Waals surface area contributed by atoms with Gasteiger partial charge in [0.1, 0.15) is 11.5 Å². The van der Waals surface area contributed by atoms with Crippen LogP contribution in [0.3, 0.4) is 0 Å². The van der Waals surface area contributed by atoms with E-state index in [4.69, 9.17) is 9.98 Å². The number of nitrogens with zero attached hydrogens (tertiary/aromatic N) is 2. The molecule has 1 fully saturated rings. The van der Waals surface area contributed by atoms with E-state index in [1.54, 1.807) is 0 Å². The van der Waals surface area contributed by atoms with E-state index in [9.17, 15) is 10.2 Å². The Labute approximate surface area is 295 Å². The Kier molecular flexibility index (Phi) is 20.3. The normalized spacial score (nSPS) is 16.9. The molecule has 4 nitrogen and oxygen atoms in total.